The first kappa shape index (κ1) is 20.3. The van der Waals surface area contributed by atoms with Crippen LogP contribution >= 0.6 is 11.8 Å². The zero-order chi connectivity index (χ0) is 19.1. The number of thioether (sulfide) groups is 1. The summed E-state index contributed by atoms with van der Waals surface area (Å²) in [6, 6.07) is 8.77. The first-order valence-electron chi connectivity index (χ1n) is 8.87. The molecule has 0 spiro atoms. The van der Waals surface area contributed by atoms with Crippen LogP contribution in [-0.4, -0.2) is 48.4 Å². The summed E-state index contributed by atoms with van der Waals surface area (Å²) in [4.78, 5) is 38.9. The molecule has 0 radical (unpaired) electrons. The molecule has 1 aliphatic heterocycles. The third-order valence-electron chi connectivity index (χ3n) is 4.24. The first-order chi connectivity index (χ1) is 12.4. The van der Waals surface area contributed by atoms with Crippen molar-refractivity contribution in [3.05, 3.63) is 30.3 Å². The van der Waals surface area contributed by atoms with Gasteiger partial charge in [0.2, 0.25) is 17.7 Å². The highest BCUT2D eigenvalue weighted by Gasteiger charge is 2.36. The number of nitrogens with zero attached hydrogens (tertiary/aromatic N) is 1. The Labute approximate surface area is 159 Å². The van der Waals surface area contributed by atoms with Gasteiger partial charge >= 0.3 is 0 Å². The molecule has 2 N–H and O–H groups in total. The van der Waals surface area contributed by atoms with Crippen LogP contribution in [0.1, 0.15) is 26.7 Å². The van der Waals surface area contributed by atoms with E-state index in [1.807, 2.05) is 50.4 Å². The molecule has 0 saturated carbocycles. The quantitative estimate of drug-likeness (QED) is 0.724. The number of rotatable bonds is 8. The topological polar surface area (TPSA) is 78.5 Å². The van der Waals surface area contributed by atoms with Gasteiger partial charge in [-0.15, -0.1) is 0 Å². The van der Waals surface area contributed by atoms with E-state index in [-0.39, 0.29) is 30.2 Å². The Balaban J connectivity index is 2.00. The van der Waals surface area contributed by atoms with Crippen LogP contribution in [0.4, 0.5) is 5.69 Å². The van der Waals surface area contributed by atoms with Crippen molar-refractivity contribution in [2.45, 2.75) is 38.8 Å². The molecule has 0 aromatic heterocycles. The number of carbonyl (C=O) groups is 3. The van der Waals surface area contributed by atoms with Crippen LogP contribution in [-0.2, 0) is 14.4 Å². The number of anilines is 1. The summed E-state index contributed by atoms with van der Waals surface area (Å²) in [6.45, 7) is 4.12. The number of hydrogen-bond acceptors (Lipinski definition) is 4. The van der Waals surface area contributed by atoms with Crippen molar-refractivity contribution >= 4 is 35.2 Å². The number of hydrogen-bond donors (Lipinski definition) is 2. The smallest absolute Gasteiger partial charge is 0.242 e. The van der Waals surface area contributed by atoms with Crippen LogP contribution in [0.25, 0.3) is 0 Å². The van der Waals surface area contributed by atoms with Gasteiger partial charge in [0.15, 0.2) is 0 Å². The molecule has 1 fully saturated rings. The van der Waals surface area contributed by atoms with E-state index in [1.165, 1.54) is 0 Å². The van der Waals surface area contributed by atoms with E-state index in [0.29, 0.717) is 13.0 Å². The van der Waals surface area contributed by atoms with E-state index in [1.54, 1.807) is 16.7 Å². The van der Waals surface area contributed by atoms with E-state index in [2.05, 4.69) is 10.6 Å². The van der Waals surface area contributed by atoms with E-state index in [9.17, 15) is 14.4 Å². The van der Waals surface area contributed by atoms with E-state index in [0.717, 1.165) is 11.4 Å². The Morgan fingerprint density at radius 3 is 2.54 bits per heavy atom. The molecule has 142 valence electrons. The van der Waals surface area contributed by atoms with E-state index in [4.69, 9.17) is 0 Å². The van der Waals surface area contributed by atoms with Crippen molar-refractivity contribution in [2.75, 3.05) is 23.5 Å². The number of amides is 3. The predicted octanol–water partition coefficient (Wildman–Crippen LogP) is 1.80. The fraction of sp³-hybridized carbons (Fsp3) is 0.526. The van der Waals surface area contributed by atoms with Gasteiger partial charge in [0.05, 0.1) is 5.92 Å². The van der Waals surface area contributed by atoms with E-state index >= 15 is 0 Å². The Bertz CT molecular complexity index is 636. The molecule has 0 unspecified atom stereocenters. The molecule has 7 heteroatoms. The monoisotopic (exact) mass is 377 g/mol. The zero-order valence-corrected chi connectivity index (χ0v) is 16.3. The molecule has 1 aromatic carbocycles. The highest BCUT2D eigenvalue weighted by Crippen LogP contribution is 2.25. The lowest BCUT2D eigenvalue weighted by Crippen LogP contribution is -2.50. The van der Waals surface area contributed by atoms with Crippen LogP contribution in [0, 0.1) is 5.92 Å². The molecule has 1 aliphatic rings. The maximum absolute atomic E-state index is 12.7. The van der Waals surface area contributed by atoms with Crippen molar-refractivity contribution in [3.8, 4) is 0 Å². The van der Waals surface area contributed by atoms with Crippen molar-refractivity contribution < 1.29 is 14.4 Å². The number of para-hydroxylation sites is 1. The number of carbonyl (C=O) groups excluding carboxylic acids is 3. The number of benzene rings is 1. The van der Waals surface area contributed by atoms with Gasteiger partial charge in [0, 0.05) is 24.7 Å². The Morgan fingerprint density at radius 1 is 1.23 bits per heavy atom. The van der Waals surface area contributed by atoms with Gasteiger partial charge in [0.25, 0.3) is 0 Å². The average Bonchev–Trinajstić information content (AvgIpc) is 3.00. The summed E-state index contributed by atoms with van der Waals surface area (Å²) in [5.74, 6) is -0.140. The minimum Gasteiger partial charge on any atom is -0.352 e. The SMILES string of the molecule is CSCC[C@H](NC(=O)[C@@H]1CC(=O)N(c2ccccc2)C1)C(=O)NC(C)C. The van der Waals surface area contributed by atoms with Crippen molar-refractivity contribution in [2.24, 2.45) is 5.92 Å². The highest BCUT2D eigenvalue weighted by atomic mass is 32.2. The van der Waals surface area contributed by atoms with Gasteiger partial charge in [-0.2, -0.15) is 11.8 Å². The Kier molecular flexibility index (Phi) is 7.50. The van der Waals surface area contributed by atoms with Gasteiger partial charge in [-0.05, 0) is 44.4 Å². The molecule has 1 saturated heterocycles. The molecule has 1 aromatic rings. The van der Waals surface area contributed by atoms with Gasteiger partial charge in [-0.1, -0.05) is 18.2 Å². The summed E-state index contributed by atoms with van der Waals surface area (Å²) < 4.78 is 0. The summed E-state index contributed by atoms with van der Waals surface area (Å²) >= 11 is 1.63. The molecule has 6 nitrogen and oxygen atoms in total. The van der Waals surface area contributed by atoms with Gasteiger partial charge < -0.3 is 15.5 Å². The van der Waals surface area contributed by atoms with Crippen molar-refractivity contribution in [1.82, 2.24) is 10.6 Å². The molecule has 3 amide bonds. The fourth-order valence-corrected chi connectivity index (χ4v) is 3.39. The van der Waals surface area contributed by atoms with Crippen LogP contribution in [0.15, 0.2) is 30.3 Å². The van der Waals surface area contributed by atoms with Crippen LogP contribution < -0.4 is 15.5 Å². The molecule has 2 rings (SSSR count). The maximum atomic E-state index is 12.7. The molecule has 26 heavy (non-hydrogen) atoms. The number of nitrogens with one attached hydrogen (secondary N) is 2. The largest absolute Gasteiger partial charge is 0.352 e. The van der Waals surface area contributed by atoms with Crippen LogP contribution in [0.2, 0.25) is 0 Å². The minimum absolute atomic E-state index is 0.0119. The van der Waals surface area contributed by atoms with Gasteiger partial charge in [0.1, 0.15) is 6.04 Å². The average molecular weight is 378 g/mol. The summed E-state index contributed by atoms with van der Waals surface area (Å²) in [7, 11) is 0. The lowest BCUT2D eigenvalue weighted by molar-refractivity contribution is -0.131. The minimum atomic E-state index is -0.571. The molecule has 0 aliphatic carbocycles. The lowest BCUT2D eigenvalue weighted by Gasteiger charge is -2.21. The van der Waals surface area contributed by atoms with E-state index < -0.39 is 12.0 Å². The predicted molar refractivity (Wildman–Crippen MR) is 105 cm³/mol. The standard InChI is InChI=1S/C19H27N3O3S/c1-13(2)20-19(25)16(9-10-26-3)21-18(24)14-11-17(23)22(12-14)15-7-5-4-6-8-15/h4-8,13-14,16H,9-12H2,1-3H3,(H,20,25)(H,21,24)/t14-,16+/m1/s1. The lowest BCUT2D eigenvalue weighted by atomic mass is 10.1. The summed E-state index contributed by atoms with van der Waals surface area (Å²) in [6.07, 6.45) is 2.70. The van der Waals surface area contributed by atoms with Crippen molar-refractivity contribution in [3.63, 3.8) is 0 Å². The Hall–Kier alpha value is -2.02. The second-order valence-electron chi connectivity index (χ2n) is 6.75. The fourth-order valence-electron chi connectivity index (χ4n) is 2.92. The molecule has 2 atom stereocenters. The summed E-state index contributed by atoms with van der Waals surface area (Å²) in [5, 5.41) is 5.70. The normalized spacial score (nSPS) is 18.1. The summed E-state index contributed by atoms with van der Waals surface area (Å²) in [5.41, 5.74) is 0.796. The second kappa shape index (κ2) is 9.62. The van der Waals surface area contributed by atoms with Gasteiger partial charge in [-0.25, -0.2) is 0 Å². The zero-order valence-electron chi connectivity index (χ0n) is 15.5. The molecular weight excluding hydrogens is 350 g/mol. The first-order valence-corrected chi connectivity index (χ1v) is 10.3. The maximum Gasteiger partial charge on any atom is 0.242 e. The molecule has 1 heterocycles. The molecular formula is C19H27N3O3S. The third-order valence-corrected chi connectivity index (χ3v) is 4.88. The van der Waals surface area contributed by atoms with Gasteiger partial charge in [-0.3, -0.25) is 14.4 Å². The highest BCUT2D eigenvalue weighted by molar-refractivity contribution is 7.98. The second-order valence-corrected chi connectivity index (χ2v) is 7.73. The van der Waals surface area contributed by atoms with Crippen molar-refractivity contribution in [1.29, 1.82) is 0 Å². The Morgan fingerprint density at radius 2 is 1.92 bits per heavy atom. The third kappa shape index (κ3) is 5.49. The van der Waals surface area contributed by atoms with Crippen LogP contribution in [0.5, 0.6) is 0 Å². The van der Waals surface area contributed by atoms with Crippen LogP contribution in [0.3, 0.4) is 0 Å². The molecule has 0 bridgehead atoms.